The SMILES string of the molecule is CCOC(=O)c1cc2c(Cl)ccc(COC)c2s1. The van der Waals surface area contributed by atoms with Crippen LogP contribution in [-0.2, 0) is 16.1 Å². The summed E-state index contributed by atoms with van der Waals surface area (Å²) in [5, 5.41) is 1.51. The number of halogens is 1. The molecule has 1 heterocycles. The Morgan fingerprint density at radius 2 is 2.22 bits per heavy atom. The minimum absolute atomic E-state index is 0.307. The fraction of sp³-hybridized carbons (Fsp3) is 0.308. The van der Waals surface area contributed by atoms with Crippen LogP contribution in [0.5, 0.6) is 0 Å². The van der Waals surface area contributed by atoms with Crippen LogP contribution < -0.4 is 0 Å². The van der Waals surface area contributed by atoms with Crippen molar-refractivity contribution >= 4 is 39.0 Å². The Morgan fingerprint density at radius 3 is 2.89 bits per heavy atom. The van der Waals surface area contributed by atoms with Crippen molar-refractivity contribution in [2.45, 2.75) is 13.5 Å². The van der Waals surface area contributed by atoms with E-state index in [1.165, 1.54) is 11.3 Å². The lowest BCUT2D eigenvalue weighted by molar-refractivity contribution is 0.0532. The summed E-state index contributed by atoms with van der Waals surface area (Å²) in [6.07, 6.45) is 0. The Kier molecular flexibility index (Phi) is 4.22. The first-order valence-corrected chi connectivity index (χ1v) is 6.73. The van der Waals surface area contributed by atoms with Crippen LogP contribution in [0.25, 0.3) is 10.1 Å². The molecule has 0 saturated heterocycles. The van der Waals surface area contributed by atoms with Crippen LogP contribution in [0.1, 0.15) is 22.2 Å². The summed E-state index contributed by atoms with van der Waals surface area (Å²) in [6.45, 7) is 2.65. The van der Waals surface area contributed by atoms with Crippen molar-refractivity contribution in [3.63, 3.8) is 0 Å². The maximum Gasteiger partial charge on any atom is 0.348 e. The molecule has 2 rings (SSSR count). The van der Waals surface area contributed by atoms with Gasteiger partial charge in [0.25, 0.3) is 0 Å². The van der Waals surface area contributed by atoms with Crippen LogP contribution in [0.2, 0.25) is 5.02 Å². The van der Waals surface area contributed by atoms with E-state index in [1.807, 2.05) is 12.1 Å². The van der Waals surface area contributed by atoms with Crippen molar-refractivity contribution < 1.29 is 14.3 Å². The number of thiophene rings is 1. The summed E-state index contributed by atoms with van der Waals surface area (Å²) < 4.78 is 11.1. The van der Waals surface area contributed by atoms with Gasteiger partial charge in [0.2, 0.25) is 0 Å². The molecule has 1 aromatic heterocycles. The summed E-state index contributed by atoms with van der Waals surface area (Å²) >= 11 is 7.53. The average Bonchev–Trinajstić information content (AvgIpc) is 2.79. The zero-order valence-corrected chi connectivity index (χ0v) is 11.7. The van der Waals surface area contributed by atoms with Gasteiger partial charge in [-0.05, 0) is 24.6 Å². The fourth-order valence-corrected chi connectivity index (χ4v) is 3.06. The third kappa shape index (κ3) is 2.51. The Bertz CT molecular complexity index is 577. The molecule has 0 unspecified atom stereocenters. The third-order valence-electron chi connectivity index (χ3n) is 2.49. The van der Waals surface area contributed by atoms with Gasteiger partial charge in [0.1, 0.15) is 4.88 Å². The van der Waals surface area contributed by atoms with E-state index in [-0.39, 0.29) is 5.97 Å². The number of hydrogen-bond acceptors (Lipinski definition) is 4. The van der Waals surface area contributed by atoms with Gasteiger partial charge in [-0.15, -0.1) is 11.3 Å². The number of fused-ring (bicyclic) bond motifs is 1. The fourth-order valence-electron chi connectivity index (χ4n) is 1.72. The molecule has 1 aromatic carbocycles. The Hall–Kier alpha value is -1.10. The van der Waals surface area contributed by atoms with Crippen molar-refractivity contribution in [2.24, 2.45) is 0 Å². The molecule has 0 saturated carbocycles. The molecular weight excluding hydrogens is 272 g/mol. The molecule has 96 valence electrons. The zero-order valence-electron chi connectivity index (χ0n) is 10.2. The summed E-state index contributed by atoms with van der Waals surface area (Å²) in [5.41, 5.74) is 1.03. The van der Waals surface area contributed by atoms with Crippen molar-refractivity contribution in [1.29, 1.82) is 0 Å². The normalized spacial score (nSPS) is 10.8. The Balaban J connectivity index is 2.51. The van der Waals surface area contributed by atoms with Crippen molar-refractivity contribution in [2.75, 3.05) is 13.7 Å². The molecule has 18 heavy (non-hydrogen) atoms. The van der Waals surface area contributed by atoms with E-state index in [0.29, 0.717) is 23.1 Å². The maximum atomic E-state index is 11.7. The second-order valence-corrected chi connectivity index (χ2v) is 5.17. The van der Waals surface area contributed by atoms with Crippen LogP contribution >= 0.6 is 22.9 Å². The second kappa shape index (κ2) is 5.69. The first-order chi connectivity index (χ1) is 8.67. The van der Waals surface area contributed by atoms with Gasteiger partial charge in [-0.25, -0.2) is 4.79 Å². The van der Waals surface area contributed by atoms with Gasteiger partial charge in [-0.3, -0.25) is 0 Å². The van der Waals surface area contributed by atoms with Gasteiger partial charge in [0.15, 0.2) is 0 Å². The number of ether oxygens (including phenoxy) is 2. The molecule has 0 spiro atoms. The van der Waals surface area contributed by atoms with Gasteiger partial charge in [0.05, 0.1) is 13.2 Å². The average molecular weight is 285 g/mol. The minimum Gasteiger partial charge on any atom is -0.462 e. The van der Waals surface area contributed by atoms with Gasteiger partial charge < -0.3 is 9.47 Å². The van der Waals surface area contributed by atoms with Crippen LogP contribution in [0, 0.1) is 0 Å². The number of benzene rings is 1. The quantitative estimate of drug-likeness (QED) is 0.799. The third-order valence-corrected chi connectivity index (χ3v) is 4.01. The zero-order chi connectivity index (χ0) is 13.1. The van der Waals surface area contributed by atoms with E-state index in [0.717, 1.165) is 15.6 Å². The molecule has 5 heteroatoms. The Morgan fingerprint density at radius 1 is 1.44 bits per heavy atom. The van der Waals surface area contributed by atoms with E-state index >= 15 is 0 Å². The summed E-state index contributed by atoms with van der Waals surface area (Å²) in [5.74, 6) is -0.307. The summed E-state index contributed by atoms with van der Waals surface area (Å²) in [4.78, 5) is 12.3. The maximum absolute atomic E-state index is 11.7. The minimum atomic E-state index is -0.307. The lowest BCUT2D eigenvalue weighted by atomic mass is 10.1. The monoisotopic (exact) mass is 284 g/mol. The molecule has 0 radical (unpaired) electrons. The molecule has 0 aliphatic rings. The lowest BCUT2D eigenvalue weighted by Gasteiger charge is -2.02. The standard InChI is InChI=1S/C13H13ClO3S/c1-3-17-13(15)11-6-9-10(14)5-4-8(7-16-2)12(9)18-11/h4-6H,3,7H2,1-2H3. The molecule has 0 atom stereocenters. The molecule has 0 aliphatic carbocycles. The Labute approximate surface area is 114 Å². The smallest absolute Gasteiger partial charge is 0.348 e. The van der Waals surface area contributed by atoms with E-state index < -0.39 is 0 Å². The summed E-state index contributed by atoms with van der Waals surface area (Å²) in [7, 11) is 1.64. The number of carbonyl (C=O) groups is 1. The molecular formula is C13H13ClO3S. The number of methoxy groups -OCH3 is 1. The van der Waals surface area contributed by atoms with Crippen molar-refractivity contribution in [1.82, 2.24) is 0 Å². The molecule has 0 fully saturated rings. The highest BCUT2D eigenvalue weighted by atomic mass is 35.5. The molecule has 0 aliphatic heterocycles. The molecule has 3 nitrogen and oxygen atoms in total. The molecule has 0 amide bonds. The highest BCUT2D eigenvalue weighted by molar-refractivity contribution is 7.21. The highest BCUT2D eigenvalue weighted by Gasteiger charge is 2.15. The molecule has 2 aromatic rings. The largest absolute Gasteiger partial charge is 0.462 e. The number of rotatable bonds is 4. The highest BCUT2D eigenvalue weighted by Crippen LogP contribution is 2.34. The van der Waals surface area contributed by atoms with E-state index in [2.05, 4.69) is 0 Å². The number of carbonyl (C=O) groups excluding carboxylic acids is 1. The predicted molar refractivity (Wildman–Crippen MR) is 73.5 cm³/mol. The van der Waals surface area contributed by atoms with Gasteiger partial charge in [-0.1, -0.05) is 17.7 Å². The van der Waals surface area contributed by atoms with E-state index in [4.69, 9.17) is 21.1 Å². The molecule has 0 bridgehead atoms. The topological polar surface area (TPSA) is 35.5 Å². The van der Waals surface area contributed by atoms with Crippen LogP contribution in [0.3, 0.4) is 0 Å². The second-order valence-electron chi connectivity index (χ2n) is 3.71. The van der Waals surface area contributed by atoms with Crippen molar-refractivity contribution in [3.8, 4) is 0 Å². The first kappa shape index (κ1) is 13.3. The van der Waals surface area contributed by atoms with Crippen molar-refractivity contribution in [3.05, 3.63) is 33.7 Å². The van der Waals surface area contributed by atoms with E-state index in [9.17, 15) is 4.79 Å². The number of hydrogen-bond donors (Lipinski definition) is 0. The predicted octanol–water partition coefficient (Wildman–Crippen LogP) is 3.88. The van der Waals surface area contributed by atoms with Gasteiger partial charge in [0, 0.05) is 22.2 Å². The van der Waals surface area contributed by atoms with Crippen LogP contribution in [0.15, 0.2) is 18.2 Å². The summed E-state index contributed by atoms with van der Waals surface area (Å²) in [6, 6.07) is 5.51. The number of esters is 1. The molecule has 0 N–H and O–H groups in total. The van der Waals surface area contributed by atoms with Gasteiger partial charge in [-0.2, -0.15) is 0 Å². The van der Waals surface area contributed by atoms with Crippen LogP contribution in [-0.4, -0.2) is 19.7 Å². The van der Waals surface area contributed by atoms with Gasteiger partial charge >= 0.3 is 5.97 Å². The lowest BCUT2D eigenvalue weighted by Crippen LogP contribution is -2.01. The van der Waals surface area contributed by atoms with Crippen LogP contribution in [0.4, 0.5) is 0 Å². The van der Waals surface area contributed by atoms with E-state index in [1.54, 1.807) is 20.1 Å². The first-order valence-electron chi connectivity index (χ1n) is 5.54.